The molecule has 3 aromatic heterocycles. The predicted molar refractivity (Wildman–Crippen MR) is 97.1 cm³/mol. The highest BCUT2D eigenvalue weighted by Gasteiger charge is 2.21. The standard InChI is InChI=1S/C16H18N4O2S2/c1-5-22-16(21)13-10(3)12-14(17-8-18-15(12)24-13)20(4)6-11-19-9(2)7-23-11/h7-8H,5-6H2,1-4H3. The maximum atomic E-state index is 12.1. The zero-order valence-electron chi connectivity index (χ0n) is 14.0. The van der Waals surface area contributed by atoms with Crippen LogP contribution in [0.5, 0.6) is 0 Å². The Labute approximate surface area is 148 Å². The fourth-order valence-electron chi connectivity index (χ4n) is 2.49. The van der Waals surface area contributed by atoms with E-state index in [0.717, 1.165) is 32.3 Å². The summed E-state index contributed by atoms with van der Waals surface area (Å²) in [6, 6.07) is 0. The van der Waals surface area contributed by atoms with Gasteiger partial charge in [0.25, 0.3) is 0 Å². The lowest BCUT2D eigenvalue weighted by molar-refractivity contribution is 0.0531. The van der Waals surface area contributed by atoms with Gasteiger partial charge < -0.3 is 9.64 Å². The number of esters is 1. The number of aryl methyl sites for hydroxylation is 2. The molecule has 0 spiro atoms. The summed E-state index contributed by atoms with van der Waals surface area (Å²) < 4.78 is 5.14. The number of hydrogen-bond donors (Lipinski definition) is 0. The minimum absolute atomic E-state index is 0.304. The summed E-state index contributed by atoms with van der Waals surface area (Å²) in [5, 5.41) is 3.97. The number of thiophene rings is 1. The average molecular weight is 362 g/mol. The number of rotatable bonds is 5. The number of ether oxygens (including phenoxy) is 1. The van der Waals surface area contributed by atoms with Crippen molar-refractivity contribution in [2.24, 2.45) is 0 Å². The van der Waals surface area contributed by atoms with Crippen molar-refractivity contribution in [1.82, 2.24) is 15.0 Å². The normalized spacial score (nSPS) is 11.0. The molecule has 8 heteroatoms. The first-order valence-electron chi connectivity index (χ1n) is 7.54. The summed E-state index contributed by atoms with van der Waals surface area (Å²) in [5.74, 6) is 0.499. The van der Waals surface area contributed by atoms with E-state index in [-0.39, 0.29) is 5.97 Å². The molecule has 0 radical (unpaired) electrons. The molecule has 0 bridgehead atoms. The molecule has 0 aliphatic heterocycles. The Morgan fingerprint density at radius 3 is 2.79 bits per heavy atom. The van der Waals surface area contributed by atoms with E-state index in [1.54, 1.807) is 18.3 Å². The first-order valence-corrected chi connectivity index (χ1v) is 9.24. The predicted octanol–water partition coefficient (Wildman–Crippen LogP) is 3.58. The van der Waals surface area contributed by atoms with Crippen LogP contribution in [0.3, 0.4) is 0 Å². The maximum Gasteiger partial charge on any atom is 0.348 e. The van der Waals surface area contributed by atoms with Gasteiger partial charge >= 0.3 is 5.97 Å². The van der Waals surface area contributed by atoms with Crippen LogP contribution in [0.1, 0.15) is 32.9 Å². The van der Waals surface area contributed by atoms with Gasteiger partial charge in [-0.15, -0.1) is 22.7 Å². The van der Waals surface area contributed by atoms with Crippen LogP contribution in [0.4, 0.5) is 5.82 Å². The van der Waals surface area contributed by atoms with E-state index in [1.807, 2.05) is 31.2 Å². The number of carbonyl (C=O) groups is 1. The van der Waals surface area contributed by atoms with Crippen LogP contribution in [0.2, 0.25) is 0 Å². The Morgan fingerprint density at radius 1 is 1.33 bits per heavy atom. The Morgan fingerprint density at radius 2 is 2.12 bits per heavy atom. The maximum absolute atomic E-state index is 12.1. The number of hydrogen-bond acceptors (Lipinski definition) is 8. The number of aromatic nitrogens is 3. The third-order valence-electron chi connectivity index (χ3n) is 3.57. The summed E-state index contributed by atoms with van der Waals surface area (Å²) in [6.07, 6.45) is 1.53. The molecule has 24 heavy (non-hydrogen) atoms. The minimum atomic E-state index is -0.304. The summed E-state index contributed by atoms with van der Waals surface area (Å²) in [7, 11) is 1.97. The molecule has 3 aromatic rings. The molecule has 3 heterocycles. The fourth-order valence-corrected chi connectivity index (χ4v) is 4.35. The molecule has 0 saturated heterocycles. The van der Waals surface area contributed by atoms with Crippen molar-refractivity contribution in [3.8, 4) is 0 Å². The van der Waals surface area contributed by atoms with Crippen LogP contribution in [0.15, 0.2) is 11.7 Å². The van der Waals surface area contributed by atoms with E-state index in [0.29, 0.717) is 18.0 Å². The quantitative estimate of drug-likeness (QED) is 0.646. The van der Waals surface area contributed by atoms with Crippen molar-refractivity contribution >= 4 is 44.7 Å². The Balaban J connectivity index is 2.00. The molecule has 0 saturated carbocycles. The summed E-state index contributed by atoms with van der Waals surface area (Å²) in [5.41, 5.74) is 1.89. The lowest BCUT2D eigenvalue weighted by atomic mass is 10.2. The van der Waals surface area contributed by atoms with E-state index in [9.17, 15) is 4.79 Å². The topological polar surface area (TPSA) is 68.2 Å². The summed E-state index contributed by atoms with van der Waals surface area (Å²) >= 11 is 2.98. The Kier molecular flexibility index (Phi) is 4.77. The van der Waals surface area contributed by atoms with E-state index >= 15 is 0 Å². The van der Waals surface area contributed by atoms with Crippen molar-refractivity contribution in [2.45, 2.75) is 27.3 Å². The van der Waals surface area contributed by atoms with Crippen LogP contribution >= 0.6 is 22.7 Å². The lowest BCUT2D eigenvalue weighted by Gasteiger charge is -2.17. The average Bonchev–Trinajstić information content (AvgIpc) is 3.11. The molecule has 0 unspecified atom stereocenters. The second kappa shape index (κ2) is 6.82. The molecule has 0 fully saturated rings. The van der Waals surface area contributed by atoms with Gasteiger partial charge in [-0.1, -0.05) is 0 Å². The number of nitrogens with zero attached hydrogens (tertiary/aromatic N) is 4. The highest BCUT2D eigenvalue weighted by molar-refractivity contribution is 7.20. The second-order valence-electron chi connectivity index (χ2n) is 5.39. The molecule has 0 N–H and O–H groups in total. The number of fused-ring (bicyclic) bond motifs is 1. The van der Waals surface area contributed by atoms with Gasteiger partial charge in [0, 0.05) is 18.1 Å². The molecule has 0 aromatic carbocycles. The zero-order chi connectivity index (χ0) is 17.3. The van der Waals surface area contributed by atoms with Crippen LogP contribution in [-0.4, -0.2) is 34.6 Å². The highest BCUT2D eigenvalue weighted by atomic mass is 32.1. The summed E-state index contributed by atoms with van der Waals surface area (Å²) in [4.78, 5) is 28.8. The molecule has 0 aliphatic rings. The van der Waals surface area contributed by atoms with Crippen molar-refractivity contribution in [3.05, 3.63) is 32.8 Å². The monoisotopic (exact) mass is 362 g/mol. The lowest BCUT2D eigenvalue weighted by Crippen LogP contribution is -2.18. The van der Waals surface area contributed by atoms with E-state index < -0.39 is 0 Å². The molecule has 6 nitrogen and oxygen atoms in total. The van der Waals surface area contributed by atoms with Gasteiger partial charge in [-0.25, -0.2) is 19.7 Å². The van der Waals surface area contributed by atoms with E-state index in [4.69, 9.17) is 4.74 Å². The molecular weight excluding hydrogens is 344 g/mol. The number of anilines is 1. The van der Waals surface area contributed by atoms with Gasteiger partial charge in [0.2, 0.25) is 0 Å². The minimum Gasteiger partial charge on any atom is -0.462 e. The zero-order valence-corrected chi connectivity index (χ0v) is 15.6. The number of thiazole rings is 1. The summed E-state index contributed by atoms with van der Waals surface area (Å²) in [6.45, 7) is 6.72. The van der Waals surface area contributed by atoms with Crippen molar-refractivity contribution in [2.75, 3.05) is 18.6 Å². The van der Waals surface area contributed by atoms with E-state index in [1.165, 1.54) is 17.7 Å². The van der Waals surface area contributed by atoms with Gasteiger partial charge in [0.1, 0.15) is 26.9 Å². The van der Waals surface area contributed by atoms with Gasteiger partial charge in [-0.3, -0.25) is 0 Å². The van der Waals surface area contributed by atoms with Crippen molar-refractivity contribution in [3.63, 3.8) is 0 Å². The van der Waals surface area contributed by atoms with Gasteiger partial charge in [-0.2, -0.15) is 0 Å². The molecular formula is C16H18N4O2S2. The Bertz CT molecular complexity index is 887. The third-order valence-corrected chi connectivity index (χ3v) is 5.70. The fraction of sp³-hybridized carbons (Fsp3) is 0.375. The molecule has 3 rings (SSSR count). The smallest absolute Gasteiger partial charge is 0.348 e. The van der Waals surface area contributed by atoms with Crippen molar-refractivity contribution in [1.29, 1.82) is 0 Å². The van der Waals surface area contributed by atoms with Crippen LogP contribution < -0.4 is 4.90 Å². The largest absolute Gasteiger partial charge is 0.462 e. The third kappa shape index (κ3) is 3.11. The van der Waals surface area contributed by atoms with Crippen LogP contribution in [0.25, 0.3) is 10.2 Å². The SMILES string of the molecule is CCOC(=O)c1sc2ncnc(N(C)Cc3nc(C)cs3)c2c1C. The number of carbonyl (C=O) groups excluding carboxylic acids is 1. The first kappa shape index (κ1) is 16.8. The van der Waals surface area contributed by atoms with Crippen LogP contribution in [0, 0.1) is 13.8 Å². The molecule has 0 amide bonds. The van der Waals surface area contributed by atoms with Crippen LogP contribution in [-0.2, 0) is 11.3 Å². The van der Waals surface area contributed by atoms with Gasteiger partial charge in [0.15, 0.2) is 0 Å². The first-order chi connectivity index (χ1) is 11.5. The van der Waals surface area contributed by atoms with Crippen molar-refractivity contribution < 1.29 is 9.53 Å². The van der Waals surface area contributed by atoms with Gasteiger partial charge in [0.05, 0.1) is 18.5 Å². The molecule has 0 atom stereocenters. The molecule has 0 aliphatic carbocycles. The van der Waals surface area contributed by atoms with E-state index in [2.05, 4.69) is 15.0 Å². The van der Waals surface area contributed by atoms with Gasteiger partial charge in [-0.05, 0) is 26.3 Å². The Hall–Kier alpha value is -2.06. The highest BCUT2D eigenvalue weighted by Crippen LogP contribution is 2.35. The molecule has 126 valence electrons. The second-order valence-corrected chi connectivity index (χ2v) is 7.33.